The Morgan fingerprint density at radius 2 is 2.47 bits per heavy atom. The van der Waals surface area contributed by atoms with E-state index >= 15 is 0 Å². The average molecular weight is 236 g/mol. The quantitative estimate of drug-likeness (QED) is 0.760. The second kappa shape index (κ2) is 6.20. The third-order valence-electron chi connectivity index (χ3n) is 3.95. The summed E-state index contributed by atoms with van der Waals surface area (Å²) >= 11 is 0. The molecule has 3 nitrogen and oxygen atoms in total. The maximum Gasteiger partial charge on any atom is 0.222 e. The van der Waals surface area contributed by atoms with Crippen molar-refractivity contribution in [2.75, 3.05) is 26.2 Å². The van der Waals surface area contributed by atoms with Gasteiger partial charge in [0.1, 0.15) is 0 Å². The zero-order valence-corrected chi connectivity index (χ0v) is 10.9. The minimum absolute atomic E-state index is 0.347. The van der Waals surface area contributed by atoms with E-state index in [0.29, 0.717) is 5.91 Å². The van der Waals surface area contributed by atoms with Gasteiger partial charge in [0, 0.05) is 19.5 Å². The van der Waals surface area contributed by atoms with Crippen LogP contribution in [0, 0.1) is 5.92 Å². The van der Waals surface area contributed by atoms with Crippen molar-refractivity contribution in [3.63, 3.8) is 0 Å². The third kappa shape index (κ3) is 3.84. The number of carbonyl (C=O) groups is 1. The normalized spacial score (nSPS) is 25.6. The fourth-order valence-electron chi connectivity index (χ4n) is 2.65. The van der Waals surface area contributed by atoms with Crippen LogP contribution in [-0.4, -0.2) is 37.0 Å². The van der Waals surface area contributed by atoms with Crippen LogP contribution in [0.25, 0.3) is 0 Å². The molecule has 17 heavy (non-hydrogen) atoms. The summed E-state index contributed by atoms with van der Waals surface area (Å²) < 4.78 is 0. The Balaban J connectivity index is 1.70. The molecule has 0 spiro atoms. The van der Waals surface area contributed by atoms with Gasteiger partial charge in [0.2, 0.25) is 5.91 Å². The van der Waals surface area contributed by atoms with Crippen LogP contribution in [0.3, 0.4) is 0 Å². The van der Waals surface area contributed by atoms with Crippen molar-refractivity contribution < 1.29 is 4.79 Å². The molecule has 0 bridgehead atoms. The highest BCUT2D eigenvalue weighted by molar-refractivity contribution is 5.76. The molecule has 1 saturated heterocycles. The number of carbonyl (C=O) groups excluding carboxylic acids is 1. The number of rotatable bonds is 3. The van der Waals surface area contributed by atoms with E-state index in [1.165, 1.54) is 18.4 Å². The summed E-state index contributed by atoms with van der Waals surface area (Å²) in [6.45, 7) is 6.15. The molecule has 0 aromatic carbocycles. The molecule has 0 radical (unpaired) electrons. The lowest BCUT2D eigenvalue weighted by Crippen LogP contribution is -2.35. The number of nitrogens with zero attached hydrogens (tertiary/aromatic N) is 1. The number of hydrogen-bond acceptors (Lipinski definition) is 2. The van der Waals surface area contributed by atoms with Gasteiger partial charge in [-0.1, -0.05) is 11.6 Å². The maximum absolute atomic E-state index is 12.0. The zero-order chi connectivity index (χ0) is 12.1. The summed E-state index contributed by atoms with van der Waals surface area (Å²) in [7, 11) is 0. The lowest BCUT2D eigenvalue weighted by molar-refractivity contribution is -0.131. The van der Waals surface area contributed by atoms with Crippen LogP contribution in [0.4, 0.5) is 0 Å². The van der Waals surface area contributed by atoms with Crippen LogP contribution in [0.5, 0.6) is 0 Å². The fraction of sp³-hybridized carbons (Fsp3) is 0.786. The van der Waals surface area contributed by atoms with Crippen molar-refractivity contribution in [2.45, 2.75) is 39.0 Å². The summed E-state index contributed by atoms with van der Waals surface area (Å²) in [6, 6.07) is 0. The van der Waals surface area contributed by atoms with E-state index in [2.05, 4.69) is 18.3 Å². The summed E-state index contributed by atoms with van der Waals surface area (Å²) in [5.41, 5.74) is 1.42. The Kier molecular flexibility index (Phi) is 4.60. The summed E-state index contributed by atoms with van der Waals surface area (Å²) in [4.78, 5) is 14.0. The average Bonchev–Trinajstić information content (AvgIpc) is 2.38. The lowest BCUT2D eigenvalue weighted by Gasteiger charge is -2.27. The number of nitrogens with one attached hydrogen (secondary N) is 1. The first-order valence-electron chi connectivity index (χ1n) is 6.90. The second-order valence-electron chi connectivity index (χ2n) is 5.39. The molecule has 0 aromatic heterocycles. The fourth-order valence-corrected chi connectivity index (χ4v) is 2.65. The van der Waals surface area contributed by atoms with Gasteiger partial charge in [0.05, 0.1) is 0 Å². The molecule has 1 N–H and O–H groups in total. The van der Waals surface area contributed by atoms with Crippen LogP contribution in [0.2, 0.25) is 0 Å². The summed E-state index contributed by atoms with van der Waals surface area (Å²) in [6.07, 6.45) is 7.59. The smallest absolute Gasteiger partial charge is 0.222 e. The highest BCUT2D eigenvalue weighted by atomic mass is 16.2. The molecule has 2 heterocycles. The third-order valence-corrected chi connectivity index (χ3v) is 3.95. The second-order valence-corrected chi connectivity index (χ2v) is 5.39. The molecule has 96 valence electrons. The Hall–Kier alpha value is -0.830. The lowest BCUT2D eigenvalue weighted by atomic mass is 9.94. The predicted octanol–water partition coefficient (Wildman–Crippen LogP) is 1.94. The first-order valence-corrected chi connectivity index (χ1v) is 6.90. The Bertz CT molecular complexity index is 293. The van der Waals surface area contributed by atoms with Gasteiger partial charge in [-0.2, -0.15) is 0 Å². The minimum Gasteiger partial charge on any atom is -0.339 e. The Morgan fingerprint density at radius 1 is 1.59 bits per heavy atom. The monoisotopic (exact) mass is 236 g/mol. The highest BCUT2D eigenvalue weighted by Crippen LogP contribution is 2.18. The van der Waals surface area contributed by atoms with Crippen molar-refractivity contribution in [3.05, 3.63) is 11.6 Å². The zero-order valence-electron chi connectivity index (χ0n) is 10.9. The molecule has 2 rings (SSSR count). The summed E-state index contributed by atoms with van der Waals surface area (Å²) in [5, 5.41) is 3.41. The van der Waals surface area contributed by atoms with E-state index in [1.54, 1.807) is 0 Å². The molecular weight excluding hydrogens is 212 g/mol. The van der Waals surface area contributed by atoms with E-state index < -0.39 is 0 Å². The molecule has 3 heteroatoms. The first kappa shape index (κ1) is 12.6. The van der Waals surface area contributed by atoms with Crippen molar-refractivity contribution in [1.29, 1.82) is 0 Å². The molecule has 2 aliphatic heterocycles. The van der Waals surface area contributed by atoms with Crippen LogP contribution >= 0.6 is 0 Å². The van der Waals surface area contributed by atoms with E-state index in [1.807, 2.05) is 4.90 Å². The Labute approximate surface area is 104 Å². The molecule has 0 aromatic rings. The van der Waals surface area contributed by atoms with Crippen LogP contribution in [0.15, 0.2) is 11.6 Å². The van der Waals surface area contributed by atoms with E-state index in [-0.39, 0.29) is 0 Å². The van der Waals surface area contributed by atoms with E-state index in [9.17, 15) is 4.79 Å². The van der Waals surface area contributed by atoms with Crippen LogP contribution in [0.1, 0.15) is 39.0 Å². The first-order chi connectivity index (χ1) is 8.25. The van der Waals surface area contributed by atoms with E-state index in [4.69, 9.17) is 0 Å². The van der Waals surface area contributed by atoms with Gasteiger partial charge in [-0.05, 0) is 51.6 Å². The summed E-state index contributed by atoms with van der Waals surface area (Å²) in [5.74, 6) is 1.06. The highest BCUT2D eigenvalue weighted by Gasteiger charge is 2.18. The van der Waals surface area contributed by atoms with Gasteiger partial charge >= 0.3 is 0 Å². The van der Waals surface area contributed by atoms with Gasteiger partial charge in [0.25, 0.3) is 0 Å². The van der Waals surface area contributed by atoms with Gasteiger partial charge in [0.15, 0.2) is 0 Å². The molecule has 1 fully saturated rings. The predicted molar refractivity (Wildman–Crippen MR) is 69.8 cm³/mol. The molecular formula is C14H24N2O. The standard InChI is InChI=1S/C14H24N2O/c1-12-6-9-16(10-7-12)14(17)5-4-13-3-2-8-15-11-13/h6,13,15H,2-5,7-11H2,1H3. The van der Waals surface area contributed by atoms with Crippen molar-refractivity contribution in [1.82, 2.24) is 10.2 Å². The minimum atomic E-state index is 0.347. The molecule has 1 unspecified atom stereocenters. The van der Waals surface area contributed by atoms with Crippen molar-refractivity contribution in [2.24, 2.45) is 5.92 Å². The topological polar surface area (TPSA) is 32.3 Å². The Morgan fingerprint density at radius 3 is 3.12 bits per heavy atom. The molecule has 1 atom stereocenters. The molecule has 2 aliphatic rings. The van der Waals surface area contributed by atoms with Gasteiger partial charge in [-0.3, -0.25) is 4.79 Å². The molecule has 0 aliphatic carbocycles. The van der Waals surface area contributed by atoms with Gasteiger partial charge < -0.3 is 10.2 Å². The van der Waals surface area contributed by atoms with Crippen LogP contribution in [-0.2, 0) is 4.79 Å². The number of hydrogen-bond donors (Lipinski definition) is 1. The molecule has 0 saturated carbocycles. The molecule has 1 amide bonds. The van der Waals surface area contributed by atoms with Crippen molar-refractivity contribution >= 4 is 5.91 Å². The van der Waals surface area contributed by atoms with Gasteiger partial charge in [-0.25, -0.2) is 0 Å². The van der Waals surface area contributed by atoms with Gasteiger partial charge in [-0.15, -0.1) is 0 Å². The SMILES string of the molecule is CC1=CCN(C(=O)CCC2CCCNC2)CC1. The largest absolute Gasteiger partial charge is 0.339 e. The van der Waals surface area contributed by atoms with E-state index in [0.717, 1.165) is 51.4 Å². The number of piperidine rings is 1. The van der Waals surface area contributed by atoms with Crippen LogP contribution < -0.4 is 5.32 Å². The number of amides is 1. The maximum atomic E-state index is 12.0. The van der Waals surface area contributed by atoms with Crippen molar-refractivity contribution in [3.8, 4) is 0 Å².